The third kappa shape index (κ3) is 6.17. The van der Waals surface area contributed by atoms with Crippen molar-refractivity contribution in [3.8, 4) is 0 Å². The maximum absolute atomic E-state index is 14.7. The fraction of sp³-hybridized carbons (Fsp3) is 0.400. The van der Waals surface area contributed by atoms with Crippen molar-refractivity contribution in [2.24, 2.45) is 11.7 Å². The van der Waals surface area contributed by atoms with E-state index in [9.17, 15) is 13.6 Å². The van der Waals surface area contributed by atoms with E-state index >= 15 is 0 Å². The van der Waals surface area contributed by atoms with Crippen molar-refractivity contribution in [2.45, 2.75) is 57.2 Å². The number of primary amides is 1. The second-order valence-electron chi connectivity index (χ2n) is 11.2. The molecule has 2 aliphatic rings. The number of rotatable bonds is 8. The van der Waals surface area contributed by atoms with Crippen molar-refractivity contribution >= 4 is 46.3 Å². The van der Waals surface area contributed by atoms with Crippen LogP contribution < -0.4 is 16.4 Å². The van der Waals surface area contributed by atoms with E-state index < -0.39 is 11.6 Å². The number of nitrogens with zero attached hydrogens (tertiary/aromatic N) is 5. The number of carbonyl (C=O) groups is 1. The van der Waals surface area contributed by atoms with Gasteiger partial charge in [-0.25, -0.2) is 18.7 Å². The van der Waals surface area contributed by atoms with E-state index in [1.807, 2.05) is 10.6 Å². The standard InChI is InChI=1S/C30H33ClF2N8O/c31-20-13-23(32)26(24(33)14-20)38-30-37-25-15-35-29(39-28(25)41(30)22-10-8-19(9-11-22)27(34)42)36-21-7-4-12-40(17-21)16-18-5-2-1-3-6-18/h1-3,5-6,13-15,19,21-22H,4,7-12,16-17H2,(H2,34,42)(H,37,38)(H,35,36,39)/t19?,21-,22?/m1/s1. The summed E-state index contributed by atoms with van der Waals surface area (Å²) in [4.78, 5) is 28.2. The molecule has 1 saturated carbocycles. The minimum absolute atomic E-state index is 0.0412. The number of aromatic nitrogens is 4. The van der Waals surface area contributed by atoms with Crippen LogP contribution in [0.3, 0.4) is 0 Å². The predicted octanol–water partition coefficient (Wildman–Crippen LogP) is 5.79. The van der Waals surface area contributed by atoms with Crippen molar-refractivity contribution in [3.05, 3.63) is 70.9 Å². The lowest BCUT2D eigenvalue weighted by Crippen LogP contribution is -2.41. The fourth-order valence-electron chi connectivity index (χ4n) is 6.13. The van der Waals surface area contributed by atoms with E-state index in [1.54, 1.807) is 6.20 Å². The molecule has 1 aliphatic heterocycles. The Kier molecular flexibility index (Phi) is 8.21. The van der Waals surface area contributed by atoms with Gasteiger partial charge in [-0.1, -0.05) is 41.9 Å². The minimum atomic E-state index is -0.832. The highest BCUT2D eigenvalue weighted by Crippen LogP contribution is 2.38. The largest absolute Gasteiger partial charge is 0.369 e. The summed E-state index contributed by atoms with van der Waals surface area (Å²) in [5, 5.41) is 6.31. The van der Waals surface area contributed by atoms with E-state index in [0.29, 0.717) is 42.8 Å². The van der Waals surface area contributed by atoms with Crippen LogP contribution in [0.4, 0.5) is 26.4 Å². The molecule has 9 nitrogen and oxygen atoms in total. The number of anilines is 3. The Labute approximate surface area is 247 Å². The molecule has 1 amide bonds. The van der Waals surface area contributed by atoms with Crippen LogP contribution in [-0.4, -0.2) is 49.5 Å². The van der Waals surface area contributed by atoms with E-state index in [4.69, 9.17) is 22.3 Å². The van der Waals surface area contributed by atoms with E-state index in [-0.39, 0.29) is 40.6 Å². The number of likely N-dealkylation sites (tertiary alicyclic amines) is 1. The summed E-state index contributed by atoms with van der Waals surface area (Å²) in [5.41, 5.74) is 7.52. The van der Waals surface area contributed by atoms with Gasteiger partial charge in [-0.3, -0.25) is 14.3 Å². The van der Waals surface area contributed by atoms with Crippen molar-refractivity contribution in [1.82, 2.24) is 24.4 Å². The molecule has 4 N–H and O–H groups in total. The van der Waals surface area contributed by atoms with Gasteiger partial charge >= 0.3 is 0 Å². The topological polar surface area (TPSA) is 114 Å². The Bertz CT molecular complexity index is 1550. The van der Waals surface area contributed by atoms with Crippen LogP contribution in [0.15, 0.2) is 48.7 Å². The van der Waals surface area contributed by atoms with Crippen LogP contribution in [-0.2, 0) is 11.3 Å². The van der Waals surface area contributed by atoms with Gasteiger partial charge in [0, 0.05) is 36.1 Å². The lowest BCUT2D eigenvalue weighted by atomic mass is 9.85. The van der Waals surface area contributed by atoms with Gasteiger partial charge in [-0.2, -0.15) is 4.98 Å². The number of imidazole rings is 1. The molecule has 2 aromatic carbocycles. The van der Waals surface area contributed by atoms with E-state index in [0.717, 1.165) is 44.6 Å². The van der Waals surface area contributed by atoms with E-state index in [2.05, 4.69) is 49.8 Å². The smallest absolute Gasteiger partial charge is 0.225 e. The number of piperidine rings is 1. The van der Waals surface area contributed by atoms with Gasteiger partial charge < -0.3 is 16.4 Å². The van der Waals surface area contributed by atoms with E-state index in [1.165, 1.54) is 5.56 Å². The summed E-state index contributed by atoms with van der Waals surface area (Å²) in [6.07, 6.45) is 6.18. The summed E-state index contributed by atoms with van der Waals surface area (Å²) in [5.74, 6) is -1.46. The molecule has 0 bridgehead atoms. The monoisotopic (exact) mass is 594 g/mol. The Balaban J connectivity index is 1.28. The lowest BCUT2D eigenvalue weighted by molar-refractivity contribution is -0.122. The second-order valence-corrected chi connectivity index (χ2v) is 11.6. The first-order valence-corrected chi connectivity index (χ1v) is 14.7. The number of halogens is 3. The SMILES string of the molecule is NC(=O)C1CCC(n2c(Nc3c(F)cc(Cl)cc3F)nc3cnc(N[C@@H]4CCCN(Cc5ccccc5)C4)nc32)CC1. The third-order valence-corrected chi connectivity index (χ3v) is 8.45. The van der Waals surface area contributed by atoms with Crippen LogP contribution in [0.2, 0.25) is 5.02 Å². The van der Waals surface area contributed by atoms with Gasteiger partial charge in [-0.05, 0) is 62.8 Å². The molecule has 3 heterocycles. The summed E-state index contributed by atoms with van der Waals surface area (Å²) in [6.45, 7) is 2.77. The molecule has 4 aromatic rings. The molecule has 0 spiro atoms. The number of hydrogen-bond acceptors (Lipinski definition) is 7. The number of fused-ring (bicyclic) bond motifs is 1. The molecule has 0 unspecified atom stereocenters. The number of nitrogens with two attached hydrogens (primary N) is 1. The molecule has 0 radical (unpaired) electrons. The van der Waals surface area contributed by atoms with Gasteiger partial charge in [0.25, 0.3) is 0 Å². The first-order valence-electron chi connectivity index (χ1n) is 14.3. The van der Waals surface area contributed by atoms with Crippen molar-refractivity contribution < 1.29 is 13.6 Å². The van der Waals surface area contributed by atoms with Gasteiger partial charge in [-0.15, -0.1) is 0 Å². The lowest BCUT2D eigenvalue weighted by Gasteiger charge is -2.33. The molecule has 42 heavy (non-hydrogen) atoms. The third-order valence-electron chi connectivity index (χ3n) is 8.23. The highest BCUT2D eigenvalue weighted by atomic mass is 35.5. The number of amides is 1. The van der Waals surface area contributed by atoms with Gasteiger partial charge in [0.1, 0.15) is 11.2 Å². The predicted molar refractivity (Wildman–Crippen MR) is 159 cm³/mol. The zero-order valence-electron chi connectivity index (χ0n) is 23.1. The van der Waals surface area contributed by atoms with Crippen molar-refractivity contribution in [3.63, 3.8) is 0 Å². The molecule has 220 valence electrons. The zero-order chi connectivity index (χ0) is 29.2. The summed E-state index contributed by atoms with van der Waals surface area (Å²) in [6, 6.07) is 12.6. The maximum Gasteiger partial charge on any atom is 0.225 e. The summed E-state index contributed by atoms with van der Waals surface area (Å²) in [7, 11) is 0. The Morgan fingerprint density at radius 2 is 1.79 bits per heavy atom. The Morgan fingerprint density at radius 3 is 2.50 bits per heavy atom. The minimum Gasteiger partial charge on any atom is -0.369 e. The van der Waals surface area contributed by atoms with Gasteiger partial charge in [0.2, 0.25) is 17.8 Å². The number of nitrogens with one attached hydrogen (secondary N) is 2. The van der Waals surface area contributed by atoms with Crippen LogP contribution in [0.25, 0.3) is 11.2 Å². The first-order chi connectivity index (χ1) is 20.3. The quantitative estimate of drug-likeness (QED) is 0.236. The highest BCUT2D eigenvalue weighted by molar-refractivity contribution is 6.30. The average Bonchev–Trinajstić information content (AvgIpc) is 3.33. The molecule has 2 fully saturated rings. The highest BCUT2D eigenvalue weighted by Gasteiger charge is 2.30. The second kappa shape index (κ2) is 12.2. The van der Waals surface area contributed by atoms with Crippen molar-refractivity contribution in [2.75, 3.05) is 23.7 Å². The Morgan fingerprint density at radius 1 is 1.05 bits per heavy atom. The number of carbonyl (C=O) groups excluding carboxylic acids is 1. The molecular weight excluding hydrogens is 562 g/mol. The average molecular weight is 595 g/mol. The normalized spacial score (nSPS) is 21.4. The van der Waals surface area contributed by atoms with Crippen molar-refractivity contribution in [1.29, 1.82) is 0 Å². The van der Waals surface area contributed by atoms with Crippen LogP contribution in [0.1, 0.15) is 50.1 Å². The molecule has 1 aliphatic carbocycles. The van der Waals surface area contributed by atoms with Crippen LogP contribution >= 0.6 is 11.6 Å². The van der Waals surface area contributed by atoms with Gasteiger partial charge in [0.05, 0.1) is 6.20 Å². The Hall–Kier alpha value is -3.83. The maximum atomic E-state index is 14.7. The summed E-state index contributed by atoms with van der Waals surface area (Å²) < 4.78 is 31.4. The molecule has 1 saturated heterocycles. The molecule has 12 heteroatoms. The van der Waals surface area contributed by atoms with Gasteiger partial charge in [0.15, 0.2) is 17.3 Å². The van der Waals surface area contributed by atoms with Crippen LogP contribution in [0.5, 0.6) is 0 Å². The summed E-state index contributed by atoms with van der Waals surface area (Å²) >= 11 is 5.83. The molecule has 2 aromatic heterocycles. The zero-order valence-corrected chi connectivity index (χ0v) is 23.8. The molecule has 6 rings (SSSR count). The van der Waals surface area contributed by atoms with Crippen LogP contribution in [0, 0.1) is 17.6 Å². The fourth-order valence-corrected chi connectivity index (χ4v) is 6.32. The molecular formula is C30H33ClF2N8O. The first kappa shape index (κ1) is 28.3. The number of hydrogen-bond donors (Lipinski definition) is 3. The molecule has 1 atom stereocenters. The number of benzene rings is 2.